The number of benzene rings is 2. The van der Waals surface area contributed by atoms with E-state index in [4.69, 9.17) is 10.5 Å². The Morgan fingerprint density at radius 2 is 1.95 bits per heavy atom. The van der Waals surface area contributed by atoms with Crippen molar-refractivity contribution < 1.29 is 4.74 Å². The molecule has 0 saturated carbocycles. The van der Waals surface area contributed by atoms with Gasteiger partial charge in [-0.25, -0.2) is 0 Å². The second-order valence-corrected chi connectivity index (χ2v) is 4.66. The number of nitrogens with two attached hydrogens (primary N) is 1. The van der Waals surface area contributed by atoms with Gasteiger partial charge in [-0.1, -0.05) is 12.1 Å². The van der Waals surface area contributed by atoms with E-state index in [-0.39, 0.29) is 0 Å². The molecule has 0 amide bonds. The van der Waals surface area contributed by atoms with Crippen LogP contribution in [0.4, 0.5) is 5.69 Å². The van der Waals surface area contributed by atoms with Gasteiger partial charge in [-0.2, -0.15) is 4.68 Å². The van der Waals surface area contributed by atoms with Crippen LogP contribution in [0.1, 0.15) is 5.56 Å². The fourth-order valence-electron chi connectivity index (χ4n) is 2.26. The Kier molecular flexibility index (Phi) is 3.27. The van der Waals surface area contributed by atoms with E-state index in [1.54, 1.807) is 11.8 Å². The molecular weight excluding hydrogens is 266 g/mol. The van der Waals surface area contributed by atoms with Gasteiger partial charge in [-0.3, -0.25) is 0 Å². The minimum absolute atomic E-state index is 0.650. The maximum absolute atomic E-state index is 5.80. The van der Waals surface area contributed by atoms with Crippen LogP contribution in [0.15, 0.2) is 42.5 Å². The highest BCUT2D eigenvalue weighted by Gasteiger charge is 2.15. The van der Waals surface area contributed by atoms with Crippen molar-refractivity contribution in [2.45, 2.75) is 6.92 Å². The first-order valence-corrected chi connectivity index (χ1v) is 6.49. The summed E-state index contributed by atoms with van der Waals surface area (Å²) in [6.45, 7) is 1.98. The molecule has 0 atom stereocenters. The van der Waals surface area contributed by atoms with E-state index < -0.39 is 0 Å². The SMILES string of the molecule is COc1ccccc1-n1nnnc1-c1ccc(N)cc1C. The second kappa shape index (κ2) is 5.24. The maximum atomic E-state index is 5.80. The predicted molar refractivity (Wildman–Crippen MR) is 80.3 cm³/mol. The highest BCUT2D eigenvalue weighted by atomic mass is 16.5. The fourth-order valence-corrected chi connectivity index (χ4v) is 2.26. The van der Waals surface area contributed by atoms with Gasteiger partial charge in [0.15, 0.2) is 5.82 Å². The molecule has 2 N–H and O–H groups in total. The van der Waals surface area contributed by atoms with Crippen molar-refractivity contribution in [3.8, 4) is 22.8 Å². The van der Waals surface area contributed by atoms with Crippen LogP contribution in [0, 0.1) is 6.92 Å². The summed E-state index contributed by atoms with van der Waals surface area (Å²) in [4.78, 5) is 0. The number of tetrazole rings is 1. The quantitative estimate of drug-likeness (QED) is 0.745. The van der Waals surface area contributed by atoms with Gasteiger partial charge in [-0.15, -0.1) is 5.10 Å². The molecule has 0 aliphatic heterocycles. The van der Waals surface area contributed by atoms with Gasteiger partial charge in [-0.05, 0) is 53.2 Å². The molecule has 0 unspecified atom stereocenters. The molecular formula is C15H15N5O. The molecule has 0 aliphatic carbocycles. The van der Waals surface area contributed by atoms with Crippen LogP contribution in [0.2, 0.25) is 0 Å². The van der Waals surface area contributed by atoms with Crippen LogP contribution >= 0.6 is 0 Å². The number of nitrogen functional groups attached to an aromatic ring is 1. The number of aryl methyl sites for hydroxylation is 1. The van der Waals surface area contributed by atoms with E-state index in [1.165, 1.54) is 0 Å². The lowest BCUT2D eigenvalue weighted by Gasteiger charge is -2.10. The Labute approximate surface area is 122 Å². The molecule has 0 bridgehead atoms. The minimum Gasteiger partial charge on any atom is -0.494 e. The first-order chi connectivity index (χ1) is 10.2. The van der Waals surface area contributed by atoms with Crippen molar-refractivity contribution >= 4 is 5.69 Å². The maximum Gasteiger partial charge on any atom is 0.187 e. The lowest BCUT2D eigenvalue weighted by Crippen LogP contribution is -2.03. The minimum atomic E-state index is 0.650. The van der Waals surface area contributed by atoms with E-state index in [1.807, 2.05) is 49.4 Å². The van der Waals surface area contributed by atoms with Crippen molar-refractivity contribution in [1.29, 1.82) is 0 Å². The summed E-state index contributed by atoms with van der Waals surface area (Å²) >= 11 is 0. The molecule has 3 rings (SSSR count). The van der Waals surface area contributed by atoms with Gasteiger partial charge in [0.25, 0.3) is 0 Å². The first-order valence-electron chi connectivity index (χ1n) is 6.49. The molecule has 0 radical (unpaired) electrons. The van der Waals surface area contributed by atoms with E-state index in [0.29, 0.717) is 17.3 Å². The topological polar surface area (TPSA) is 78.8 Å². The van der Waals surface area contributed by atoms with Crippen LogP contribution in [0.5, 0.6) is 5.75 Å². The number of aromatic nitrogens is 4. The monoisotopic (exact) mass is 281 g/mol. The summed E-state index contributed by atoms with van der Waals surface area (Å²) in [5, 5.41) is 12.0. The average molecular weight is 281 g/mol. The molecule has 6 heteroatoms. The summed E-state index contributed by atoms with van der Waals surface area (Å²) in [6.07, 6.45) is 0. The van der Waals surface area contributed by atoms with Crippen LogP contribution in [0.25, 0.3) is 17.1 Å². The Hall–Kier alpha value is -2.89. The smallest absolute Gasteiger partial charge is 0.187 e. The molecule has 21 heavy (non-hydrogen) atoms. The Morgan fingerprint density at radius 1 is 1.14 bits per heavy atom. The molecule has 0 spiro atoms. The molecule has 1 aromatic heterocycles. The van der Waals surface area contributed by atoms with Crippen molar-refractivity contribution in [2.24, 2.45) is 0 Å². The van der Waals surface area contributed by atoms with Crippen LogP contribution < -0.4 is 10.5 Å². The lowest BCUT2D eigenvalue weighted by atomic mass is 10.1. The van der Waals surface area contributed by atoms with Crippen LogP contribution in [0.3, 0.4) is 0 Å². The Bertz CT molecular complexity index is 781. The predicted octanol–water partition coefficient (Wildman–Crippen LogP) is 2.23. The van der Waals surface area contributed by atoms with E-state index in [2.05, 4.69) is 15.5 Å². The Morgan fingerprint density at radius 3 is 2.71 bits per heavy atom. The number of hydrogen-bond donors (Lipinski definition) is 1. The number of hydrogen-bond acceptors (Lipinski definition) is 5. The van der Waals surface area contributed by atoms with Crippen molar-refractivity contribution in [1.82, 2.24) is 20.2 Å². The standard InChI is InChI=1S/C15H15N5O/c1-10-9-11(16)7-8-12(10)15-17-18-19-20(15)13-5-3-4-6-14(13)21-2/h3-9H,16H2,1-2H3. The third-order valence-electron chi connectivity index (χ3n) is 3.27. The molecule has 0 saturated heterocycles. The van der Waals surface area contributed by atoms with E-state index >= 15 is 0 Å². The number of methoxy groups -OCH3 is 1. The third-order valence-corrected chi connectivity index (χ3v) is 3.27. The zero-order valence-electron chi connectivity index (χ0n) is 11.8. The lowest BCUT2D eigenvalue weighted by molar-refractivity contribution is 0.411. The van der Waals surface area contributed by atoms with Gasteiger partial charge in [0.2, 0.25) is 0 Å². The van der Waals surface area contributed by atoms with Gasteiger partial charge in [0.05, 0.1) is 7.11 Å². The van der Waals surface area contributed by atoms with Gasteiger partial charge >= 0.3 is 0 Å². The summed E-state index contributed by atoms with van der Waals surface area (Å²) in [5.41, 5.74) is 9.25. The Balaban J connectivity index is 2.17. The zero-order valence-corrected chi connectivity index (χ0v) is 11.8. The van der Waals surface area contributed by atoms with Gasteiger partial charge in [0.1, 0.15) is 11.4 Å². The average Bonchev–Trinajstić information content (AvgIpc) is 2.96. The van der Waals surface area contributed by atoms with E-state index in [9.17, 15) is 0 Å². The number of rotatable bonds is 3. The number of ether oxygens (including phenoxy) is 1. The molecule has 6 nitrogen and oxygen atoms in total. The first kappa shape index (κ1) is 13.1. The number of anilines is 1. The van der Waals surface area contributed by atoms with E-state index in [0.717, 1.165) is 16.8 Å². The van der Waals surface area contributed by atoms with Crippen molar-refractivity contribution in [3.05, 3.63) is 48.0 Å². The third kappa shape index (κ3) is 2.31. The largest absolute Gasteiger partial charge is 0.494 e. The number of nitrogens with zero attached hydrogens (tertiary/aromatic N) is 4. The summed E-state index contributed by atoms with van der Waals surface area (Å²) in [7, 11) is 1.62. The van der Waals surface area contributed by atoms with Crippen LogP contribution in [-0.4, -0.2) is 27.3 Å². The number of para-hydroxylation sites is 2. The van der Waals surface area contributed by atoms with Crippen LogP contribution in [-0.2, 0) is 0 Å². The van der Waals surface area contributed by atoms with Gasteiger partial charge < -0.3 is 10.5 Å². The highest BCUT2D eigenvalue weighted by Crippen LogP contribution is 2.28. The summed E-state index contributed by atoms with van der Waals surface area (Å²) in [5.74, 6) is 1.36. The molecule has 0 aliphatic rings. The molecule has 1 heterocycles. The zero-order chi connectivity index (χ0) is 14.8. The molecule has 0 fully saturated rings. The second-order valence-electron chi connectivity index (χ2n) is 4.66. The fraction of sp³-hybridized carbons (Fsp3) is 0.133. The van der Waals surface area contributed by atoms with Crippen molar-refractivity contribution in [3.63, 3.8) is 0 Å². The van der Waals surface area contributed by atoms with Gasteiger partial charge in [0, 0.05) is 11.3 Å². The summed E-state index contributed by atoms with van der Waals surface area (Å²) < 4.78 is 7.04. The molecule has 106 valence electrons. The molecule has 3 aromatic rings. The normalized spacial score (nSPS) is 10.6. The van der Waals surface area contributed by atoms with Crippen molar-refractivity contribution in [2.75, 3.05) is 12.8 Å². The molecule has 2 aromatic carbocycles. The summed E-state index contributed by atoms with van der Waals surface area (Å²) in [6, 6.07) is 13.3. The highest BCUT2D eigenvalue weighted by molar-refractivity contribution is 5.65.